The zero-order valence-electron chi connectivity index (χ0n) is 15.4. The van der Waals surface area contributed by atoms with Crippen molar-refractivity contribution in [2.75, 3.05) is 10.0 Å². The minimum absolute atomic E-state index is 0.0881. The molecule has 0 saturated heterocycles. The van der Waals surface area contributed by atoms with Crippen molar-refractivity contribution in [3.8, 4) is 0 Å². The maximum atomic E-state index is 12.9. The molecule has 0 saturated carbocycles. The van der Waals surface area contributed by atoms with Crippen LogP contribution in [0, 0.1) is 6.92 Å². The van der Waals surface area contributed by atoms with E-state index in [1.54, 1.807) is 42.5 Å². The van der Waals surface area contributed by atoms with Crippen LogP contribution in [0.2, 0.25) is 5.02 Å². The minimum Gasteiger partial charge on any atom is -0.336 e. The zero-order valence-corrected chi connectivity index (χ0v) is 17.0. The average Bonchev–Trinajstić information content (AvgIpc) is 2.70. The molecule has 29 heavy (non-hydrogen) atoms. The lowest BCUT2D eigenvalue weighted by Crippen LogP contribution is -2.16. The monoisotopic (exact) mass is 424 g/mol. The number of rotatable bonds is 5. The number of para-hydroxylation sites is 3. The van der Waals surface area contributed by atoms with E-state index in [4.69, 9.17) is 11.6 Å². The van der Waals surface area contributed by atoms with E-state index in [1.165, 1.54) is 6.07 Å². The molecule has 4 aromatic rings. The van der Waals surface area contributed by atoms with Crippen LogP contribution in [0.4, 0.5) is 17.3 Å². The molecule has 4 rings (SSSR count). The van der Waals surface area contributed by atoms with E-state index in [0.717, 1.165) is 5.56 Å². The molecule has 0 aliphatic carbocycles. The highest BCUT2D eigenvalue weighted by molar-refractivity contribution is 7.92. The SMILES string of the molecule is Cc1cccc(S(=O)(=O)Nc2nc3ccccc3nc2Nc2ccccc2Cl)c1. The molecule has 0 atom stereocenters. The summed E-state index contributed by atoms with van der Waals surface area (Å²) >= 11 is 6.24. The van der Waals surface area contributed by atoms with Crippen LogP contribution in [0.1, 0.15) is 5.56 Å². The number of nitrogens with zero attached hydrogens (tertiary/aromatic N) is 2. The summed E-state index contributed by atoms with van der Waals surface area (Å²) in [6, 6.07) is 21.0. The smallest absolute Gasteiger partial charge is 0.263 e. The molecule has 8 heteroatoms. The lowest BCUT2D eigenvalue weighted by atomic mass is 10.2. The van der Waals surface area contributed by atoms with Crippen molar-refractivity contribution in [2.24, 2.45) is 0 Å². The van der Waals surface area contributed by atoms with Gasteiger partial charge in [0.2, 0.25) is 0 Å². The Bertz CT molecular complexity index is 1310. The van der Waals surface area contributed by atoms with E-state index in [9.17, 15) is 8.42 Å². The van der Waals surface area contributed by atoms with Crippen molar-refractivity contribution in [3.63, 3.8) is 0 Å². The fourth-order valence-electron chi connectivity index (χ4n) is 2.82. The van der Waals surface area contributed by atoms with Gasteiger partial charge in [0, 0.05) is 0 Å². The Labute approximate surface area is 173 Å². The highest BCUT2D eigenvalue weighted by Crippen LogP contribution is 2.30. The third-order valence-electron chi connectivity index (χ3n) is 4.23. The van der Waals surface area contributed by atoms with Crippen LogP contribution in [-0.4, -0.2) is 18.4 Å². The summed E-state index contributed by atoms with van der Waals surface area (Å²) in [6.07, 6.45) is 0. The van der Waals surface area contributed by atoms with Crippen molar-refractivity contribution < 1.29 is 8.42 Å². The highest BCUT2D eigenvalue weighted by atomic mass is 35.5. The number of hydrogen-bond acceptors (Lipinski definition) is 5. The number of fused-ring (bicyclic) bond motifs is 1. The van der Waals surface area contributed by atoms with Gasteiger partial charge < -0.3 is 5.32 Å². The first-order valence-electron chi connectivity index (χ1n) is 8.80. The van der Waals surface area contributed by atoms with Crippen LogP contribution in [0.3, 0.4) is 0 Å². The first-order chi connectivity index (χ1) is 13.9. The van der Waals surface area contributed by atoms with E-state index in [-0.39, 0.29) is 16.5 Å². The minimum atomic E-state index is -3.85. The molecule has 0 bridgehead atoms. The number of aromatic nitrogens is 2. The van der Waals surface area contributed by atoms with Gasteiger partial charge in [-0.1, -0.05) is 48.0 Å². The number of benzene rings is 3. The second-order valence-corrected chi connectivity index (χ2v) is 8.53. The molecular weight excluding hydrogens is 408 g/mol. The number of hydrogen-bond donors (Lipinski definition) is 2. The van der Waals surface area contributed by atoms with Gasteiger partial charge in [-0.3, -0.25) is 4.72 Å². The Hall–Kier alpha value is -3.16. The van der Waals surface area contributed by atoms with Gasteiger partial charge in [-0.25, -0.2) is 18.4 Å². The fourth-order valence-corrected chi connectivity index (χ4v) is 4.11. The molecule has 3 aromatic carbocycles. The molecule has 0 spiro atoms. The predicted molar refractivity (Wildman–Crippen MR) is 116 cm³/mol. The molecule has 0 amide bonds. The molecular formula is C21H17ClN4O2S. The summed E-state index contributed by atoms with van der Waals surface area (Å²) in [5.41, 5.74) is 2.63. The number of sulfonamides is 1. The van der Waals surface area contributed by atoms with Crippen LogP contribution in [-0.2, 0) is 10.0 Å². The number of anilines is 3. The Morgan fingerprint density at radius 1 is 0.828 bits per heavy atom. The van der Waals surface area contributed by atoms with Gasteiger partial charge in [0.1, 0.15) is 0 Å². The molecule has 0 radical (unpaired) electrons. The van der Waals surface area contributed by atoms with E-state index in [1.807, 2.05) is 31.2 Å². The van der Waals surface area contributed by atoms with Crippen molar-refractivity contribution in [3.05, 3.63) is 83.4 Å². The van der Waals surface area contributed by atoms with E-state index >= 15 is 0 Å². The molecule has 0 fully saturated rings. The van der Waals surface area contributed by atoms with Gasteiger partial charge in [0.05, 0.1) is 26.6 Å². The first-order valence-corrected chi connectivity index (χ1v) is 10.7. The predicted octanol–water partition coefficient (Wildman–Crippen LogP) is 5.14. The van der Waals surface area contributed by atoms with Gasteiger partial charge in [0.25, 0.3) is 10.0 Å². The van der Waals surface area contributed by atoms with Gasteiger partial charge in [0.15, 0.2) is 11.6 Å². The van der Waals surface area contributed by atoms with Gasteiger partial charge in [-0.05, 0) is 48.9 Å². The van der Waals surface area contributed by atoms with Crippen molar-refractivity contribution in [2.45, 2.75) is 11.8 Å². The van der Waals surface area contributed by atoms with Crippen LogP contribution in [0.5, 0.6) is 0 Å². The van der Waals surface area contributed by atoms with Gasteiger partial charge >= 0.3 is 0 Å². The summed E-state index contributed by atoms with van der Waals surface area (Å²) < 4.78 is 28.4. The summed E-state index contributed by atoms with van der Waals surface area (Å²) in [5, 5.41) is 3.57. The molecule has 1 aromatic heterocycles. The third-order valence-corrected chi connectivity index (χ3v) is 5.89. The molecule has 0 aliphatic heterocycles. The molecule has 0 aliphatic rings. The Kier molecular flexibility index (Phi) is 5.08. The summed E-state index contributed by atoms with van der Waals surface area (Å²) in [6.45, 7) is 1.83. The second-order valence-electron chi connectivity index (χ2n) is 6.44. The van der Waals surface area contributed by atoms with E-state index in [2.05, 4.69) is 20.0 Å². The Balaban J connectivity index is 1.80. The lowest BCUT2D eigenvalue weighted by Gasteiger charge is -2.14. The van der Waals surface area contributed by atoms with Crippen molar-refractivity contribution in [1.29, 1.82) is 0 Å². The summed E-state index contributed by atoms with van der Waals surface area (Å²) in [4.78, 5) is 9.17. The van der Waals surface area contributed by atoms with Crippen LogP contribution < -0.4 is 10.0 Å². The Morgan fingerprint density at radius 2 is 1.48 bits per heavy atom. The number of aryl methyl sites for hydroxylation is 1. The van der Waals surface area contributed by atoms with E-state index < -0.39 is 10.0 Å². The topological polar surface area (TPSA) is 84.0 Å². The van der Waals surface area contributed by atoms with Crippen molar-refractivity contribution in [1.82, 2.24) is 9.97 Å². The fraction of sp³-hybridized carbons (Fsp3) is 0.0476. The number of halogens is 1. The molecule has 2 N–H and O–H groups in total. The average molecular weight is 425 g/mol. The van der Waals surface area contributed by atoms with E-state index in [0.29, 0.717) is 21.7 Å². The third kappa shape index (κ3) is 4.16. The summed E-state index contributed by atoms with van der Waals surface area (Å²) in [5.74, 6) is 0.346. The maximum Gasteiger partial charge on any atom is 0.263 e. The lowest BCUT2D eigenvalue weighted by molar-refractivity contribution is 0.601. The van der Waals surface area contributed by atoms with Crippen LogP contribution in [0.15, 0.2) is 77.7 Å². The summed E-state index contributed by atoms with van der Waals surface area (Å²) in [7, 11) is -3.85. The zero-order chi connectivity index (χ0) is 20.4. The Morgan fingerprint density at radius 3 is 2.17 bits per heavy atom. The quantitative estimate of drug-likeness (QED) is 0.463. The standard InChI is InChI=1S/C21H17ClN4O2S/c1-14-7-6-8-15(13-14)29(27,28)26-21-20(23-17-10-3-2-9-16(17)22)24-18-11-4-5-12-19(18)25-21/h2-13H,1H3,(H,23,24)(H,25,26). The molecule has 146 valence electrons. The van der Waals surface area contributed by atoms with Gasteiger partial charge in [-0.15, -0.1) is 0 Å². The maximum absolute atomic E-state index is 12.9. The second kappa shape index (κ2) is 7.69. The largest absolute Gasteiger partial charge is 0.336 e. The van der Waals surface area contributed by atoms with Crippen LogP contribution >= 0.6 is 11.6 Å². The first kappa shape index (κ1) is 19.2. The normalized spacial score (nSPS) is 11.4. The van der Waals surface area contributed by atoms with Crippen LogP contribution in [0.25, 0.3) is 11.0 Å². The number of nitrogens with one attached hydrogen (secondary N) is 2. The van der Waals surface area contributed by atoms with Crippen molar-refractivity contribution >= 4 is 50.0 Å². The molecule has 0 unspecified atom stereocenters. The highest BCUT2D eigenvalue weighted by Gasteiger charge is 2.19. The molecule has 6 nitrogen and oxygen atoms in total. The van der Waals surface area contributed by atoms with Gasteiger partial charge in [-0.2, -0.15) is 0 Å². The molecule has 1 heterocycles.